The van der Waals surface area contributed by atoms with Crippen LogP contribution in [0.5, 0.6) is 0 Å². The molecule has 1 saturated carbocycles. The highest BCUT2D eigenvalue weighted by Gasteiger charge is 2.46. The Labute approximate surface area is 240 Å². The summed E-state index contributed by atoms with van der Waals surface area (Å²) in [4.78, 5) is 13.1. The van der Waals surface area contributed by atoms with Crippen molar-refractivity contribution in [2.45, 2.75) is 56.4 Å². The van der Waals surface area contributed by atoms with E-state index in [0.717, 1.165) is 40.2 Å². The number of hydrogen-bond acceptors (Lipinski definition) is 7. The van der Waals surface area contributed by atoms with Crippen molar-refractivity contribution in [2.75, 3.05) is 13.7 Å². The van der Waals surface area contributed by atoms with Crippen molar-refractivity contribution in [3.63, 3.8) is 0 Å². The monoisotopic (exact) mass is 574 g/mol. The van der Waals surface area contributed by atoms with Gasteiger partial charge in [-0.2, -0.15) is 9.40 Å². The maximum Gasteiger partial charge on any atom is 0.341 e. The lowest BCUT2D eigenvalue weighted by molar-refractivity contribution is 0.0599. The number of fused-ring (bicyclic) bond motifs is 1. The molecule has 0 bridgehead atoms. The molecule has 10 nitrogen and oxygen atoms in total. The van der Waals surface area contributed by atoms with Gasteiger partial charge in [0.05, 0.1) is 35.3 Å². The first kappa shape index (κ1) is 27.3. The maximum absolute atomic E-state index is 14.0. The minimum absolute atomic E-state index is 0.0240. The SMILES string of the molecule is COC(=O)c1cnn(-c2cccc([C@H](C)N3C[C@@H](C)Cc4ccc(C)cc4S3(=O)=O)c2)c1[C@@H]1C[C@H]1c1cn(C)nn1. The van der Waals surface area contributed by atoms with Crippen LogP contribution in [0.4, 0.5) is 0 Å². The van der Waals surface area contributed by atoms with E-state index in [4.69, 9.17) is 4.74 Å². The summed E-state index contributed by atoms with van der Waals surface area (Å²) in [6, 6.07) is 13.0. The van der Waals surface area contributed by atoms with Crippen molar-refractivity contribution in [3.05, 3.63) is 88.5 Å². The largest absolute Gasteiger partial charge is 0.465 e. The Morgan fingerprint density at radius 1 is 1.15 bits per heavy atom. The predicted molar refractivity (Wildman–Crippen MR) is 152 cm³/mol. The van der Waals surface area contributed by atoms with Crippen LogP contribution in [-0.2, 0) is 28.2 Å². The second kappa shape index (κ2) is 10.2. The van der Waals surface area contributed by atoms with Gasteiger partial charge < -0.3 is 4.74 Å². The zero-order valence-electron chi connectivity index (χ0n) is 23.9. The first-order valence-corrected chi connectivity index (χ1v) is 15.3. The average Bonchev–Trinajstić information content (AvgIpc) is 3.44. The van der Waals surface area contributed by atoms with Crippen molar-refractivity contribution >= 4 is 16.0 Å². The summed E-state index contributed by atoms with van der Waals surface area (Å²) in [5, 5.41) is 12.9. The second-order valence-corrected chi connectivity index (χ2v) is 13.2. The topological polar surface area (TPSA) is 112 Å². The zero-order chi connectivity index (χ0) is 29.1. The summed E-state index contributed by atoms with van der Waals surface area (Å²) < 4.78 is 38.1. The van der Waals surface area contributed by atoms with Gasteiger partial charge in [0.25, 0.3) is 0 Å². The number of carbonyl (C=O) groups excluding carboxylic acids is 1. The number of ether oxygens (including phenoxy) is 1. The number of nitrogens with zero attached hydrogens (tertiary/aromatic N) is 6. The molecule has 1 aliphatic heterocycles. The third kappa shape index (κ3) is 4.87. The normalized spacial score (nSPS) is 22.5. The molecule has 0 spiro atoms. The molecule has 214 valence electrons. The highest BCUT2D eigenvalue weighted by atomic mass is 32.2. The van der Waals surface area contributed by atoms with E-state index in [1.165, 1.54) is 7.11 Å². The zero-order valence-corrected chi connectivity index (χ0v) is 24.7. The van der Waals surface area contributed by atoms with E-state index in [0.29, 0.717) is 23.4 Å². The molecular formula is C30H34N6O4S. The summed E-state index contributed by atoms with van der Waals surface area (Å²) in [7, 11) is -0.532. The molecule has 0 radical (unpaired) electrons. The van der Waals surface area contributed by atoms with Crippen LogP contribution < -0.4 is 0 Å². The molecule has 0 saturated heterocycles. The molecule has 11 heteroatoms. The standard InChI is InChI=1S/C30H34N6O4S/c1-18-9-10-22-11-19(2)16-35(41(38,39)28(22)12-18)20(3)21-7-6-8-23(13-21)36-29(26(15-31-36)30(37)40-5)25-14-24(25)27-17-34(4)33-32-27/h6-10,12-13,15,17,19-20,24-25H,11,14,16H2,1-5H3/t19-,20-,24+,25+/m0/s1. The molecule has 2 aromatic carbocycles. The highest BCUT2D eigenvalue weighted by Crippen LogP contribution is 2.55. The van der Waals surface area contributed by atoms with Gasteiger partial charge in [-0.1, -0.05) is 36.4 Å². The molecule has 4 atom stereocenters. The Morgan fingerprint density at radius 3 is 2.68 bits per heavy atom. The molecule has 2 aliphatic rings. The van der Waals surface area contributed by atoms with Crippen LogP contribution in [0.1, 0.15) is 76.6 Å². The van der Waals surface area contributed by atoms with E-state index in [9.17, 15) is 13.2 Å². The van der Waals surface area contributed by atoms with E-state index in [1.807, 2.05) is 63.5 Å². The third-order valence-corrected chi connectivity index (χ3v) is 10.3. The van der Waals surface area contributed by atoms with Crippen LogP contribution in [0, 0.1) is 12.8 Å². The first-order chi connectivity index (χ1) is 19.6. The van der Waals surface area contributed by atoms with E-state index >= 15 is 0 Å². The van der Waals surface area contributed by atoms with Crippen LogP contribution in [-0.4, -0.2) is 57.1 Å². The summed E-state index contributed by atoms with van der Waals surface area (Å²) in [6.07, 6.45) is 4.96. The molecule has 41 heavy (non-hydrogen) atoms. The van der Waals surface area contributed by atoms with Crippen LogP contribution in [0.15, 0.2) is 59.8 Å². The lowest BCUT2D eigenvalue weighted by atomic mass is 9.99. The minimum atomic E-state index is -3.72. The van der Waals surface area contributed by atoms with Gasteiger partial charge in [-0.15, -0.1) is 5.10 Å². The number of sulfonamides is 1. The number of aromatic nitrogens is 5. The Kier molecular flexibility index (Phi) is 6.82. The molecule has 4 aromatic rings. The number of carbonyl (C=O) groups is 1. The Hall–Kier alpha value is -3.83. The van der Waals surface area contributed by atoms with Gasteiger partial charge in [0.2, 0.25) is 10.0 Å². The van der Waals surface area contributed by atoms with E-state index < -0.39 is 22.0 Å². The van der Waals surface area contributed by atoms with Gasteiger partial charge in [0.15, 0.2) is 0 Å². The molecule has 3 heterocycles. The fourth-order valence-electron chi connectivity index (χ4n) is 6.04. The minimum Gasteiger partial charge on any atom is -0.465 e. The van der Waals surface area contributed by atoms with Crippen molar-refractivity contribution < 1.29 is 17.9 Å². The van der Waals surface area contributed by atoms with Gasteiger partial charge in [-0.3, -0.25) is 4.68 Å². The number of benzene rings is 2. The van der Waals surface area contributed by atoms with E-state index in [1.54, 1.807) is 25.9 Å². The van der Waals surface area contributed by atoms with E-state index in [-0.39, 0.29) is 17.8 Å². The van der Waals surface area contributed by atoms with Crippen molar-refractivity contribution in [3.8, 4) is 5.69 Å². The maximum atomic E-state index is 14.0. The summed E-state index contributed by atoms with van der Waals surface area (Å²) in [5.74, 6) is -0.139. The molecule has 1 fully saturated rings. The highest BCUT2D eigenvalue weighted by molar-refractivity contribution is 7.89. The number of aryl methyl sites for hydroxylation is 2. The van der Waals surface area contributed by atoms with Crippen molar-refractivity contribution in [2.24, 2.45) is 13.0 Å². The smallest absolute Gasteiger partial charge is 0.341 e. The molecule has 0 N–H and O–H groups in total. The third-order valence-electron chi connectivity index (χ3n) is 8.25. The summed E-state index contributed by atoms with van der Waals surface area (Å²) in [6.45, 7) is 6.36. The van der Waals surface area contributed by atoms with Gasteiger partial charge in [-0.05, 0) is 67.5 Å². The quantitative estimate of drug-likeness (QED) is 0.316. The number of hydrogen-bond donors (Lipinski definition) is 0. The van der Waals surface area contributed by atoms with Gasteiger partial charge in [0.1, 0.15) is 5.56 Å². The Morgan fingerprint density at radius 2 is 1.95 bits per heavy atom. The first-order valence-electron chi connectivity index (χ1n) is 13.8. The van der Waals surface area contributed by atoms with Crippen LogP contribution in [0.2, 0.25) is 0 Å². The van der Waals surface area contributed by atoms with E-state index in [2.05, 4.69) is 22.3 Å². The fraction of sp³-hybridized carbons (Fsp3) is 0.400. The molecule has 2 aromatic heterocycles. The summed E-state index contributed by atoms with van der Waals surface area (Å²) in [5.41, 5.74) is 5.43. The Balaban J connectivity index is 1.37. The Bertz CT molecular complexity index is 1740. The molecule has 0 amide bonds. The molecule has 6 rings (SSSR count). The molecule has 0 unspecified atom stereocenters. The van der Waals surface area contributed by atoms with Crippen LogP contribution in [0.3, 0.4) is 0 Å². The number of methoxy groups -OCH3 is 1. The van der Waals surface area contributed by atoms with Crippen LogP contribution in [0.25, 0.3) is 5.69 Å². The van der Waals surface area contributed by atoms with Gasteiger partial charge >= 0.3 is 5.97 Å². The van der Waals surface area contributed by atoms with Crippen molar-refractivity contribution in [1.82, 2.24) is 29.1 Å². The van der Waals surface area contributed by atoms with Gasteiger partial charge in [-0.25, -0.2) is 17.9 Å². The van der Waals surface area contributed by atoms with Crippen LogP contribution >= 0.6 is 0 Å². The molecular weight excluding hydrogens is 540 g/mol. The number of rotatable bonds is 6. The fourth-order valence-corrected chi connectivity index (χ4v) is 8.10. The summed E-state index contributed by atoms with van der Waals surface area (Å²) >= 11 is 0. The lowest BCUT2D eigenvalue weighted by Crippen LogP contribution is -2.35. The lowest BCUT2D eigenvalue weighted by Gasteiger charge is -2.29. The van der Waals surface area contributed by atoms with Gasteiger partial charge in [0, 0.05) is 37.7 Å². The predicted octanol–water partition coefficient (Wildman–Crippen LogP) is 4.31. The second-order valence-electron chi connectivity index (χ2n) is 11.4. The van der Waals surface area contributed by atoms with Crippen molar-refractivity contribution in [1.29, 1.82) is 0 Å². The average molecular weight is 575 g/mol. The molecule has 1 aliphatic carbocycles. The number of esters is 1.